The molecule has 0 radical (unpaired) electrons. The average molecular weight is 433 g/mol. The molecule has 0 fully saturated rings. The van der Waals surface area contributed by atoms with Crippen molar-refractivity contribution in [1.82, 2.24) is 14.1 Å². The van der Waals surface area contributed by atoms with Gasteiger partial charge in [0.1, 0.15) is 6.54 Å². The number of hydrogen-bond donors (Lipinski definition) is 1. The lowest BCUT2D eigenvalue weighted by Gasteiger charge is -2.09. The van der Waals surface area contributed by atoms with E-state index in [-0.39, 0.29) is 6.54 Å². The van der Waals surface area contributed by atoms with Gasteiger partial charge in [0.05, 0.1) is 6.54 Å². The molecule has 156 valence electrons. The van der Waals surface area contributed by atoms with Crippen LogP contribution in [0, 0.1) is 0 Å². The number of nitrogens with zero attached hydrogens (tertiary/aromatic N) is 3. The van der Waals surface area contributed by atoms with E-state index in [0.717, 1.165) is 27.0 Å². The smallest absolute Gasteiger partial charge is 0.300 e. The van der Waals surface area contributed by atoms with Crippen LogP contribution >= 0.6 is 11.3 Å². The van der Waals surface area contributed by atoms with Crippen molar-refractivity contribution in [2.45, 2.75) is 19.5 Å². The van der Waals surface area contributed by atoms with E-state index in [4.69, 9.17) is 0 Å². The molecule has 7 nitrogen and oxygen atoms in total. The Hall–Kier alpha value is -3.78. The van der Waals surface area contributed by atoms with Gasteiger partial charge in [0.25, 0.3) is 5.56 Å². The predicted octanol–water partition coefficient (Wildman–Crippen LogP) is 2.74. The summed E-state index contributed by atoms with van der Waals surface area (Å²) in [5.41, 5.74) is 1.02. The van der Waals surface area contributed by atoms with Gasteiger partial charge in [-0.3, -0.25) is 18.7 Å². The van der Waals surface area contributed by atoms with E-state index >= 15 is 0 Å². The summed E-state index contributed by atoms with van der Waals surface area (Å²) in [6.07, 6.45) is 3.88. The van der Waals surface area contributed by atoms with Crippen molar-refractivity contribution < 1.29 is 4.79 Å². The molecule has 2 aromatic carbocycles. The van der Waals surface area contributed by atoms with E-state index in [9.17, 15) is 14.4 Å². The van der Waals surface area contributed by atoms with Crippen LogP contribution in [0.2, 0.25) is 0 Å². The number of anilines is 1. The molecule has 0 bridgehead atoms. The number of carbonyl (C=O) groups is 1. The van der Waals surface area contributed by atoms with Crippen LogP contribution in [0.4, 0.5) is 5.13 Å². The van der Waals surface area contributed by atoms with Crippen LogP contribution in [0.25, 0.3) is 0 Å². The third kappa shape index (κ3) is 5.23. The third-order valence-electron chi connectivity index (χ3n) is 4.66. The molecular weight excluding hydrogens is 412 g/mol. The van der Waals surface area contributed by atoms with Gasteiger partial charge >= 0.3 is 5.69 Å². The fourth-order valence-corrected chi connectivity index (χ4v) is 4.01. The normalized spacial score (nSPS) is 10.7. The summed E-state index contributed by atoms with van der Waals surface area (Å²) in [6.45, 7) is -0.0577. The highest BCUT2D eigenvalue weighted by molar-refractivity contribution is 7.15. The Balaban J connectivity index is 1.44. The van der Waals surface area contributed by atoms with E-state index in [0.29, 0.717) is 11.7 Å². The molecular formula is C23H20N4O3S. The fraction of sp³-hybridized carbons (Fsp3) is 0.130. The molecule has 1 amide bonds. The molecule has 2 heterocycles. The summed E-state index contributed by atoms with van der Waals surface area (Å²) >= 11 is 1.37. The van der Waals surface area contributed by atoms with E-state index in [2.05, 4.69) is 10.3 Å². The highest BCUT2D eigenvalue weighted by Crippen LogP contribution is 2.21. The quantitative estimate of drug-likeness (QED) is 0.487. The van der Waals surface area contributed by atoms with Crippen molar-refractivity contribution in [3.05, 3.63) is 116 Å². The highest BCUT2D eigenvalue weighted by atomic mass is 32.1. The summed E-state index contributed by atoms with van der Waals surface area (Å²) < 4.78 is 2.34. The van der Waals surface area contributed by atoms with E-state index in [1.54, 1.807) is 6.20 Å². The van der Waals surface area contributed by atoms with Gasteiger partial charge in [-0.05, 0) is 11.1 Å². The van der Waals surface area contributed by atoms with Gasteiger partial charge in [-0.25, -0.2) is 9.78 Å². The van der Waals surface area contributed by atoms with Crippen molar-refractivity contribution >= 4 is 22.4 Å². The number of carbonyl (C=O) groups excluding carboxylic acids is 1. The number of aromatic nitrogens is 3. The summed E-state index contributed by atoms with van der Waals surface area (Å²) in [5, 5.41) is 3.12. The van der Waals surface area contributed by atoms with Gasteiger partial charge in [0, 0.05) is 29.8 Å². The first-order valence-electron chi connectivity index (χ1n) is 9.71. The average Bonchev–Trinajstić information content (AvgIpc) is 3.21. The minimum Gasteiger partial charge on any atom is -0.300 e. The molecule has 0 atom stereocenters. The molecule has 8 heteroatoms. The molecule has 0 spiro atoms. The maximum absolute atomic E-state index is 12.7. The molecule has 4 aromatic rings. The number of rotatable bonds is 7. The van der Waals surface area contributed by atoms with E-state index in [1.807, 2.05) is 60.7 Å². The van der Waals surface area contributed by atoms with Crippen LogP contribution in [0.1, 0.15) is 16.0 Å². The number of amides is 1. The van der Waals surface area contributed by atoms with Gasteiger partial charge in [0.2, 0.25) is 5.91 Å². The molecule has 0 aliphatic rings. The Morgan fingerprint density at radius 2 is 1.61 bits per heavy atom. The standard InChI is InChI=1S/C23H20N4O3S/c28-20(25-22-24-14-19(31-22)13-17-7-3-1-4-8-17)16-27-21(29)11-12-26(23(27)30)15-18-9-5-2-6-10-18/h1-12,14H,13,15-16H2,(H,24,25,28). The van der Waals surface area contributed by atoms with Crippen LogP contribution in [0.5, 0.6) is 0 Å². The second kappa shape index (κ2) is 9.36. The van der Waals surface area contributed by atoms with Crippen LogP contribution in [0.15, 0.2) is 88.7 Å². The summed E-state index contributed by atoms with van der Waals surface area (Å²) in [6, 6.07) is 20.7. The lowest BCUT2D eigenvalue weighted by atomic mass is 10.1. The molecule has 0 aliphatic heterocycles. The number of thiazole rings is 1. The van der Waals surface area contributed by atoms with Crippen molar-refractivity contribution in [1.29, 1.82) is 0 Å². The Kier molecular flexibility index (Phi) is 6.18. The summed E-state index contributed by atoms with van der Waals surface area (Å²) in [4.78, 5) is 42.6. The zero-order valence-corrected chi connectivity index (χ0v) is 17.4. The number of benzene rings is 2. The molecule has 1 N–H and O–H groups in total. The molecule has 0 saturated carbocycles. The van der Waals surface area contributed by atoms with Gasteiger partial charge in [-0.15, -0.1) is 11.3 Å². The molecule has 0 aliphatic carbocycles. The minimum absolute atomic E-state index is 0.316. The topological polar surface area (TPSA) is 86.0 Å². The highest BCUT2D eigenvalue weighted by Gasteiger charge is 2.12. The molecule has 0 saturated heterocycles. The fourth-order valence-electron chi connectivity index (χ4n) is 3.15. The Bertz CT molecular complexity index is 1290. The molecule has 0 unspecified atom stereocenters. The number of hydrogen-bond acceptors (Lipinski definition) is 5. The predicted molar refractivity (Wildman–Crippen MR) is 120 cm³/mol. The number of nitrogens with one attached hydrogen (secondary N) is 1. The Morgan fingerprint density at radius 1 is 0.935 bits per heavy atom. The zero-order valence-electron chi connectivity index (χ0n) is 16.6. The Labute approximate surface area is 182 Å². The van der Waals surface area contributed by atoms with Crippen molar-refractivity contribution in [2.24, 2.45) is 0 Å². The summed E-state index contributed by atoms with van der Waals surface area (Å²) in [7, 11) is 0. The van der Waals surface area contributed by atoms with Gasteiger partial charge in [-0.1, -0.05) is 60.7 Å². The lowest BCUT2D eigenvalue weighted by molar-refractivity contribution is -0.116. The zero-order chi connectivity index (χ0) is 21.6. The van der Waals surface area contributed by atoms with E-state index < -0.39 is 17.2 Å². The summed E-state index contributed by atoms with van der Waals surface area (Å²) in [5.74, 6) is -0.475. The first-order chi connectivity index (χ1) is 15.1. The van der Waals surface area contributed by atoms with E-state index in [1.165, 1.54) is 28.2 Å². The van der Waals surface area contributed by atoms with Gasteiger partial charge in [0.15, 0.2) is 5.13 Å². The van der Waals surface area contributed by atoms with Crippen LogP contribution in [-0.2, 0) is 24.3 Å². The SMILES string of the molecule is O=C(Cn1c(=O)ccn(Cc2ccccc2)c1=O)Nc1ncc(Cc2ccccc2)s1. The maximum Gasteiger partial charge on any atom is 0.331 e. The Morgan fingerprint density at radius 3 is 2.32 bits per heavy atom. The van der Waals surface area contributed by atoms with Gasteiger partial charge < -0.3 is 5.32 Å². The minimum atomic E-state index is -0.532. The van der Waals surface area contributed by atoms with Crippen LogP contribution in [0.3, 0.4) is 0 Å². The monoisotopic (exact) mass is 432 g/mol. The lowest BCUT2D eigenvalue weighted by Crippen LogP contribution is -2.41. The van der Waals surface area contributed by atoms with Crippen molar-refractivity contribution in [3.63, 3.8) is 0 Å². The molecule has 31 heavy (non-hydrogen) atoms. The molecule has 2 aromatic heterocycles. The first-order valence-corrected chi connectivity index (χ1v) is 10.5. The second-order valence-corrected chi connectivity index (χ2v) is 8.09. The van der Waals surface area contributed by atoms with Crippen LogP contribution in [-0.4, -0.2) is 20.0 Å². The van der Waals surface area contributed by atoms with Crippen LogP contribution < -0.4 is 16.6 Å². The molecule has 4 rings (SSSR count). The maximum atomic E-state index is 12.7. The second-order valence-electron chi connectivity index (χ2n) is 6.98. The largest absolute Gasteiger partial charge is 0.331 e. The first kappa shape index (κ1) is 20.5. The third-order valence-corrected chi connectivity index (χ3v) is 5.57. The van der Waals surface area contributed by atoms with Gasteiger partial charge in [-0.2, -0.15) is 0 Å². The van der Waals surface area contributed by atoms with Crippen molar-refractivity contribution in [3.8, 4) is 0 Å². The van der Waals surface area contributed by atoms with Crippen molar-refractivity contribution in [2.75, 3.05) is 5.32 Å².